The van der Waals surface area contributed by atoms with Crippen molar-refractivity contribution in [2.45, 2.75) is 30.6 Å². The van der Waals surface area contributed by atoms with E-state index >= 15 is 0 Å². The fourth-order valence-electron chi connectivity index (χ4n) is 3.98. The number of ether oxygens (including phenoxy) is 1. The summed E-state index contributed by atoms with van der Waals surface area (Å²) < 4.78 is 33.4. The summed E-state index contributed by atoms with van der Waals surface area (Å²) in [5, 5.41) is 4.93. The molecule has 1 amide bonds. The molecule has 6 nitrogen and oxygen atoms in total. The summed E-state index contributed by atoms with van der Waals surface area (Å²) in [6, 6.07) is 20.1. The van der Waals surface area contributed by atoms with Gasteiger partial charge in [0.25, 0.3) is 5.91 Å². The number of rotatable bonds is 7. The van der Waals surface area contributed by atoms with Crippen molar-refractivity contribution in [2.24, 2.45) is 0 Å². The average molecular weight is 453 g/mol. The summed E-state index contributed by atoms with van der Waals surface area (Å²) in [4.78, 5) is 12.8. The summed E-state index contributed by atoms with van der Waals surface area (Å²) in [5.74, 6) is 0.447. The minimum absolute atomic E-state index is 0.166. The first-order valence-corrected chi connectivity index (χ1v) is 12.5. The van der Waals surface area contributed by atoms with E-state index in [2.05, 4.69) is 5.32 Å². The van der Waals surface area contributed by atoms with Crippen LogP contribution in [-0.4, -0.2) is 44.9 Å². The Hall–Kier alpha value is -2.90. The normalized spacial score (nSPS) is 15.2. The van der Waals surface area contributed by atoms with Crippen molar-refractivity contribution in [2.75, 3.05) is 26.2 Å². The van der Waals surface area contributed by atoms with Crippen molar-refractivity contribution in [3.05, 3.63) is 72.3 Å². The van der Waals surface area contributed by atoms with Crippen LogP contribution in [0.25, 0.3) is 10.8 Å². The summed E-state index contributed by atoms with van der Waals surface area (Å²) in [6.07, 6.45) is 3.84. The number of hydrogen-bond donors (Lipinski definition) is 1. The Morgan fingerprint density at radius 2 is 1.62 bits per heavy atom. The van der Waals surface area contributed by atoms with Gasteiger partial charge in [-0.1, -0.05) is 55.3 Å². The predicted molar refractivity (Wildman–Crippen MR) is 125 cm³/mol. The highest BCUT2D eigenvalue weighted by atomic mass is 32.2. The lowest BCUT2D eigenvalue weighted by Crippen LogP contribution is -2.32. The first-order chi connectivity index (χ1) is 15.6. The van der Waals surface area contributed by atoms with E-state index in [-0.39, 0.29) is 10.8 Å². The number of carbonyl (C=O) groups excluding carboxylic acids is 1. The summed E-state index contributed by atoms with van der Waals surface area (Å²) in [5.41, 5.74) is 0.325. The molecule has 3 aromatic rings. The van der Waals surface area contributed by atoms with Crippen LogP contribution < -0.4 is 10.1 Å². The first kappa shape index (κ1) is 22.3. The smallest absolute Gasteiger partial charge is 0.251 e. The van der Waals surface area contributed by atoms with Crippen molar-refractivity contribution >= 4 is 26.7 Å². The zero-order chi connectivity index (χ0) is 22.4. The van der Waals surface area contributed by atoms with E-state index in [1.807, 2.05) is 42.5 Å². The van der Waals surface area contributed by atoms with Crippen LogP contribution >= 0.6 is 0 Å². The fraction of sp³-hybridized carbons (Fsp3) is 0.320. The maximum Gasteiger partial charge on any atom is 0.251 e. The van der Waals surface area contributed by atoms with E-state index in [0.29, 0.717) is 31.8 Å². The second-order valence-corrected chi connectivity index (χ2v) is 9.87. The molecule has 0 bridgehead atoms. The highest BCUT2D eigenvalue weighted by molar-refractivity contribution is 7.89. The van der Waals surface area contributed by atoms with Crippen LogP contribution in [0.2, 0.25) is 0 Å². The number of amides is 1. The second-order valence-electron chi connectivity index (χ2n) is 7.93. The maximum atomic E-state index is 13.0. The van der Waals surface area contributed by atoms with E-state index < -0.39 is 10.0 Å². The third-order valence-corrected chi connectivity index (χ3v) is 7.59. The average Bonchev–Trinajstić information content (AvgIpc) is 3.12. The third-order valence-electron chi connectivity index (χ3n) is 5.69. The minimum atomic E-state index is -3.59. The lowest BCUT2D eigenvalue weighted by atomic mass is 10.1. The number of hydrogen-bond acceptors (Lipinski definition) is 4. The van der Waals surface area contributed by atoms with Crippen LogP contribution in [0.1, 0.15) is 36.0 Å². The van der Waals surface area contributed by atoms with Gasteiger partial charge >= 0.3 is 0 Å². The molecule has 1 heterocycles. The van der Waals surface area contributed by atoms with E-state index in [4.69, 9.17) is 4.74 Å². The van der Waals surface area contributed by atoms with Gasteiger partial charge in [-0.3, -0.25) is 4.79 Å². The fourth-order valence-corrected chi connectivity index (χ4v) is 5.54. The van der Waals surface area contributed by atoms with Gasteiger partial charge in [-0.15, -0.1) is 0 Å². The molecule has 0 saturated carbocycles. The number of carbonyl (C=O) groups is 1. The molecular weight excluding hydrogens is 424 g/mol. The Bertz CT molecular complexity index is 1180. The van der Waals surface area contributed by atoms with Gasteiger partial charge in [-0.05, 0) is 42.5 Å². The first-order valence-electron chi connectivity index (χ1n) is 11.0. The van der Waals surface area contributed by atoms with Gasteiger partial charge in [0, 0.05) is 24.0 Å². The lowest BCUT2D eigenvalue weighted by molar-refractivity contribution is 0.0947. The Balaban J connectivity index is 1.36. The molecule has 0 atom stereocenters. The number of fused-ring (bicyclic) bond motifs is 1. The van der Waals surface area contributed by atoms with Crippen molar-refractivity contribution in [1.82, 2.24) is 9.62 Å². The molecule has 1 saturated heterocycles. The molecule has 1 aliphatic rings. The van der Waals surface area contributed by atoms with Crippen LogP contribution in [0.5, 0.6) is 5.75 Å². The maximum absolute atomic E-state index is 13.0. The van der Waals surface area contributed by atoms with E-state index in [9.17, 15) is 13.2 Å². The quantitative estimate of drug-likeness (QED) is 0.545. The highest BCUT2D eigenvalue weighted by Gasteiger charge is 2.25. The summed E-state index contributed by atoms with van der Waals surface area (Å²) >= 11 is 0. The molecule has 4 rings (SSSR count). The zero-order valence-electron chi connectivity index (χ0n) is 18.0. The molecule has 7 heteroatoms. The Morgan fingerprint density at radius 1 is 0.906 bits per heavy atom. The SMILES string of the molecule is O=C(NCCOc1cccc2ccccc12)c1cccc(S(=O)(=O)N2CCCCCC2)c1. The molecule has 1 fully saturated rings. The van der Waals surface area contributed by atoms with Crippen LogP contribution in [0, 0.1) is 0 Å². The molecule has 1 aliphatic heterocycles. The standard InChI is InChI=1S/C25H28N2O4S/c28-25(26-15-18-31-24-14-8-10-20-9-3-4-13-23(20)24)21-11-7-12-22(19-21)32(29,30)27-16-5-1-2-6-17-27/h3-4,7-14,19H,1-2,5-6,15-18H2,(H,26,28). The van der Waals surface area contributed by atoms with Gasteiger partial charge in [0.15, 0.2) is 0 Å². The molecule has 0 radical (unpaired) electrons. The molecule has 0 spiro atoms. The summed E-state index contributed by atoms with van der Waals surface area (Å²) in [7, 11) is -3.59. The van der Waals surface area contributed by atoms with Crippen LogP contribution in [0.3, 0.4) is 0 Å². The van der Waals surface area contributed by atoms with Crippen LogP contribution in [0.4, 0.5) is 0 Å². The monoisotopic (exact) mass is 452 g/mol. The van der Waals surface area contributed by atoms with E-state index in [1.54, 1.807) is 18.2 Å². The van der Waals surface area contributed by atoms with Gasteiger partial charge in [0.1, 0.15) is 12.4 Å². The van der Waals surface area contributed by atoms with E-state index in [1.165, 1.54) is 10.4 Å². The van der Waals surface area contributed by atoms with Crippen molar-refractivity contribution < 1.29 is 17.9 Å². The third kappa shape index (κ3) is 5.11. The van der Waals surface area contributed by atoms with Gasteiger partial charge in [-0.2, -0.15) is 4.31 Å². The number of nitrogens with zero attached hydrogens (tertiary/aromatic N) is 1. The molecule has 0 aliphatic carbocycles. The molecule has 1 N–H and O–H groups in total. The molecule has 168 valence electrons. The number of sulfonamides is 1. The van der Waals surface area contributed by atoms with Gasteiger partial charge in [0.2, 0.25) is 10.0 Å². The Morgan fingerprint density at radius 3 is 2.44 bits per heavy atom. The van der Waals surface area contributed by atoms with Gasteiger partial charge < -0.3 is 10.1 Å². The Kier molecular flexibility index (Phi) is 7.07. The number of benzene rings is 3. The predicted octanol–water partition coefficient (Wildman–Crippen LogP) is 4.21. The second kappa shape index (κ2) is 10.1. The molecular formula is C25H28N2O4S. The van der Waals surface area contributed by atoms with Gasteiger partial charge in [-0.25, -0.2) is 8.42 Å². The highest BCUT2D eigenvalue weighted by Crippen LogP contribution is 2.25. The molecule has 32 heavy (non-hydrogen) atoms. The number of nitrogens with one attached hydrogen (secondary N) is 1. The van der Waals surface area contributed by atoms with Crippen LogP contribution in [0.15, 0.2) is 71.6 Å². The topological polar surface area (TPSA) is 75.7 Å². The molecule has 0 aromatic heterocycles. The lowest BCUT2D eigenvalue weighted by Gasteiger charge is -2.20. The van der Waals surface area contributed by atoms with Crippen molar-refractivity contribution in [3.63, 3.8) is 0 Å². The minimum Gasteiger partial charge on any atom is -0.491 e. The van der Waals surface area contributed by atoms with E-state index in [0.717, 1.165) is 42.2 Å². The molecule has 0 unspecified atom stereocenters. The largest absolute Gasteiger partial charge is 0.491 e. The Labute approximate surface area is 189 Å². The van der Waals surface area contributed by atoms with Crippen molar-refractivity contribution in [3.8, 4) is 5.75 Å². The zero-order valence-corrected chi connectivity index (χ0v) is 18.8. The molecule has 3 aromatic carbocycles. The van der Waals surface area contributed by atoms with Crippen molar-refractivity contribution in [1.29, 1.82) is 0 Å². The summed E-state index contributed by atoms with van der Waals surface area (Å²) in [6.45, 7) is 1.69. The van der Waals surface area contributed by atoms with Crippen LogP contribution in [-0.2, 0) is 10.0 Å². The van der Waals surface area contributed by atoms with Gasteiger partial charge in [0.05, 0.1) is 11.4 Å².